The summed E-state index contributed by atoms with van der Waals surface area (Å²) in [5, 5.41) is 3.85. The largest absolute Gasteiger partial charge is 0.309 e. The maximum atomic E-state index is 3.85. The van der Waals surface area contributed by atoms with Crippen molar-refractivity contribution in [1.82, 2.24) is 5.32 Å². The van der Waals surface area contributed by atoms with Crippen molar-refractivity contribution in [2.75, 3.05) is 6.54 Å². The summed E-state index contributed by atoms with van der Waals surface area (Å²) in [7, 11) is 0. The monoisotopic (exact) mass is 271 g/mol. The van der Waals surface area contributed by atoms with E-state index in [1.807, 2.05) is 0 Å². The molecule has 0 saturated heterocycles. The molecule has 1 fully saturated rings. The molecule has 0 spiro atoms. The van der Waals surface area contributed by atoms with E-state index in [-0.39, 0.29) is 0 Å². The van der Waals surface area contributed by atoms with Gasteiger partial charge in [0.05, 0.1) is 0 Å². The predicted molar refractivity (Wildman–Crippen MR) is 85.9 cm³/mol. The molecule has 2 aliphatic carbocycles. The van der Waals surface area contributed by atoms with Gasteiger partial charge >= 0.3 is 0 Å². The van der Waals surface area contributed by atoms with Crippen molar-refractivity contribution in [2.45, 2.75) is 64.8 Å². The van der Waals surface area contributed by atoms with Crippen LogP contribution in [0.25, 0.3) is 0 Å². The maximum absolute atomic E-state index is 3.85. The molecule has 0 radical (unpaired) electrons. The van der Waals surface area contributed by atoms with Gasteiger partial charge in [-0.1, -0.05) is 63.8 Å². The van der Waals surface area contributed by atoms with E-state index in [1.54, 1.807) is 11.1 Å². The first-order valence-electron chi connectivity index (χ1n) is 8.48. The molecule has 1 heteroatoms. The molecule has 0 heterocycles. The normalized spacial score (nSPS) is 25.0. The summed E-state index contributed by atoms with van der Waals surface area (Å²) in [6, 6.07) is 9.53. The molecule has 0 bridgehead atoms. The second-order valence-corrected chi connectivity index (χ2v) is 7.54. The van der Waals surface area contributed by atoms with E-state index in [0.717, 1.165) is 5.92 Å². The number of rotatable bonds is 5. The summed E-state index contributed by atoms with van der Waals surface area (Å²) in [4.78, 5) is 0. The molecular formula is C19H29N. The van der Waals surface area contributed by atoms with Crippen LogP contribution < -0.4 is 5.32 Å². The van der Waals surface area contributed by atoms with Crippen molar-refractivity contribution >= 4 is 0 Å². The number of benzene rings is 1. The van der Waals surface area contributed by atoms with Gasteiger partial charge in [0.25, 0.3) is 0 Å². The Morgan fingerprint density at radius 2 is 1.90 bits per heavy atom. The molecule has 3 rings (SSSR count). The Hall–Kier alpha value is -0.820. The Labute approximate surface area is 124 Å². The molecule has 1 saturated carbocycles. The molecule has 1 atom stereocenters. The van der Waals surface area contributed by atoms with Crippen LogP contribution in [0.2, 0.25) is 0 Å². The zero-order valence-electron chi connectivity index (χ0n) is 13.1. The first-order chi connectivity index (χ1) is 9.67. The van der Waals surface area contributed by atoms with Crippen LogP contribution in [0.5, 0.6) is 0 Å². The smallest absolute Gasteiger partial charge is 0.0377 e. The molecule has 1 unspecified atom stereocenters. The molecule has 2 aliphatic rings. The third-order valence-electron chi connectivity index (χ3n) is 5.41. The van der Waals surface area contributed by atoms with E-state index in [4.69, 9.17) is 0 Å². The second-order valence-electron chi connectivity index (χ2n) is 7.54. The predicted octanol–water partition coefficient (Wildman–Crippen LogP) is 4.87. The number of hydrogen-bond donors (Lipinski definition) is 1. The molecule has 20 heavy (non-hydrogen) atoms. The summed E-state index contributed by atoms with van der Waals surface area (Å²) in [6.07, 6.45) is 9.91. The summed E-state index contributed by atoms with van der Waals surface area (Å²) < 4.78 is 0. The molecule has 1 aromatic rings. The zero-order chi connectivity index (χ0) is 14.0. The van der Waals surface area contributed by atoms with Crippen LogP contribution in [-0.4, -0.2) is 6.54 Å². The third kappa shape index (κ3) is 2.93. The number of hydrogen-bond acceptors (Lipinski definition) is 1. The van der Waals surface area contributed by atoms with Gasteiger partial charge in [0, 0.05) is 6.04 Å². The first kappa shape index (κ1) is 14.1. The summed E-state index contributed by atoms with van der Waals surface area (Å²) in [5.41, 5.74) is 3.45. The van der Waals surface area contributed by atoms with Gasteiger partial charge in [0.1, 0.15) is 0 Å². The highest BCUT2D eigenvalue weighted by molar-refractivity contribution is 5.37. The average molecular weight is 271 g/mol. The maximum Gasteiger partial charge on any atom is 0.0377 e. The van der Waals surface area contributed by atoms with Crippen LogP contribution in [0.3, 0.4) is 0 Å². The molecule has 1 N–H and O–H groups in total. The minimum atomic E-state index is 0.358. The van der Waals surface area contributed by atoms with E-state index in [2.05, 4.69) is 43.4 Å². The van der Waals surface area contributed by atoms with E-state index >= 15 is 0 Å². The van der Waals surface area contributed by atoms with Gasteiger partial charge in [0.15, 0.2) is 0 Å². The van der Waals surface area contributed by atoms with Gasteiger partial charge in [-0.15, -0.1) is 0 Å². The van der Waals surface area contributed by atoms with Gasteiger partial charge in [-0.3, -0.25) is 0 Å². The Morgan fingerprint density at radius 1 is 1.15 bits per heavy atom. The van der Waals surface area contributed by atoms with Crippen molar-refractivity contribution in [2.24, 2.45) is 11.3 Å². The number of fused-ring (bicyclic) bond motifs is 1. The van der Waals surface area contributed by atoms with E-state index < -0.39 is 0 Å². The number of nitrogens with one attached hydrogen (secondary N) is 1. The summed E-state index contributed by atoms with van der Waals surface area (Å²) in [5.74, 6) is 1.03. The van der Waals surface area contributed by atoms with Crippen LogP contribution in [-0.2, 0) is 6.42 Å². The molecule has 0 aliphatic heterocycles. The second kappa shape index (κ2) is 5.89. The highest BCUT2D eigenvalue weighted by Crippen LogP contribution is 2.44. The lowest BCUT2D eigenvalue weighted by Gasteiger charge is -2.29. The minimum absolute atomic E-state index is 0.358. The lowest BCUT2D eigenvalue weighted by Crippen LogP contribution is -2.31. The van der Waals surface area contributed by atoms with Crippen LogP contribution in [0.15, 0.2) is 24.3 Å². The Bertz CT molecular complexity index is 443. The summed E-state index contributed by atoms with van der Waals surface area (Å²) in [6.45, 7) is 5.99. The minimum Gasteiger partial charge on any atom is -0.309 e. The lowest BCUT2D eigenvalue weighted by atomic mass is 9.85. The topological polar surface area (TPSA) is 12.0 Å². The molecule has 110 valence electrons. The molecule has 1 aromatic carbocycles. The molecular weight excluding hydrogens is 242 g/mol. The van der Waals surface area contributed by atoms with Crippen LogP contribution in [0, 0.1) is 11.3 Å². The SMILES string of the molecule is CC1(C)Cc2ccccc2C1NCCCC1CCCC1. The van der Waals surface area contributed by atoms with Gasteiger partial charge in [-0.25, -0.2) is 0 Å². The Balaban J connectivity index is 1.53. The molecule has 0 aromatic heterocycles. The van der Waals surface area contributed by atoms with Crippen LogP contribution in [0.4, 0.5) is 0 Å². The van der Waals surface area contributed by atoms with Crippen molar-refractivity contribution in [3.05, 3.63) is 35.4 Å². The fourth-order valence-electron chi connectivity index (χ4n) is 4.31. The first-order valence-corrected chi connectivity index (χ1v) is 8.48. The Kier molecular flexibility index (Phi) is 4.16. The van der Waals surface area contributed by atoms with Gasteiger partial charge in [-0.2, -0.15) is 0 Å². The van der Waals surface area contributed by atoms with Crippen LogP contribution in [0.1, 0.15) is 69.5 Å². The van der Waals surface area contributed by atoms with E-state index in [9.17, 15) is 0 Å². The summed E-state index contributed by atoms with van der Waals surface area (Å²) >= 11 is 0. The lowest BCUT2D eigenvalue weighted by molar-refractivity contribution is 0.266. The average Bonchev–Trinajstić information content (AvgIpc) is 3.00. The standard InChI is InChI=1S/C19H29N/c1-19(2)14-16-11-5-6-12-17(16)18(19)20-13-7-10-15-8-3-4-9-15/h5-6,11-12,15,18,20H,3-4,7-10,13-14H2,1-2H3. The molecule has 0 amide bonds. The quantitative estimate of drug-likeness (QED) is 0.753. The van der Waals surface area contributed by atoms with Gasteiger partial charge < -0.3 is 5.32 Å². The van der Waals surface area contributed by atoms with Gasteiger partial charge in [0.2, 0.25) is 0 Å². The van der Waals surface area contributed by atoms with Crippen molar-refractivity contribution < 1.29 is 0 Å². The fourth-order valence-corrected chi connectivity index (χ4v) is 4.31. The van der Waals surface area contributed by atoms with E-state index in [1.165, 1.54) is 51.5 Å². The van der Waals surface area contributed by atoms with Crippen LogP contribution >= 0.6 is 0 Å². The third-order valence-corrected chi connectivity index (χ3v) is 5.41. The van der Waals surface area contributed by atoms with Crippen molar-refractivity contribution in [3.8, 4) is 0 Å². The molecule has 1 nitrogen and oxygen atoms in total. The highest BCUT2D eigenvalue weighted by atomic mass is 14.9. The van der Waals surface area contributed by atoms with Crippen molar-refractivity contribution in [1.29, 1.82) is 0 Å². The fraction of sp³-hybridized carbons (Fsp3) is 0.684. The van der Waals surface area contributed by atoms with Crippen molar-refractivity contribution in [3.63, 3.8) is 0 Å². The highest BCUT2D eigenvalue weighted by Gasteiger charge is 2.38. The van der Waals surface area contributed by atoms with Gasteiger partial charge in [-0.05, 0) is 48.3 Å². The van der Waals surface area contributed by atoms with E-state index in [0.29, 0.717) is 11.5 Å². The zero-order valence-corrected chi connectivity index (χ0v) is 13.1. The Morgan fingerprint density at radius 3 is 2.70 bits per heavy atom.